The lowest BCUT2D eigenvalue weighted by Gasteiger charge is -2.05. The van der Waals surface area contributed by atoms with Gasteiger partial charge in [-0.3, -0.25) is 9.59 Å². The summed E-state index contributed by atoms with van der Waals surface area (Å²) < 4.78 is 5.75. The molecule has 3 nitrogen and oxygen atoms in total. The molecule has 15 heavy (non-hydrogen) atoms. The first-order valence-corrected chi connectivity index (χ1v) is 5.26. The number of carbonyl (C=O) groups excluding carboxylic acids is 2. The Labute approximate surface area is 96.6 Å². The predicted octanol–water partition coefficient (Wildman–Crippen LogP) is 2.78. The van der Waals surface area contributed by atoms with Gasteiger partial charge in [0.05, 0.1) is 12.0 Å². The normalized spacial score (nSPS) is 9.73. The Morgan fingerprint density at radius 2 is 2.27 bits per heavy atom. The molecule has 0 heterocycles. The van der Waals surface area contributed by atoms with Gasteiger partial charge in [0.25, 0.3) is 0 Å². The summed E-state index contributed by atoms with van der Waals surface area (Å²) in [5.41, 5.74) is 0.349. The van der Waals surface area contributed by atoms with Crippen molar-refractivity contribution in [2.75, 3.05) is 0 Å². The van der Waals surface area contributed by atoms with Crippen LogP contribution in [-0.4, -0.2) is 12.3 Å². The summed E-state index contributed by atoms with van der Waals surface area (Å²) in [7, 11) is 0. The van der Waals surface area contributed by atoms with Crippen molar-refractivity contribution in [3.05, 3.63) is 34.7 Å². The maximum Gasteiger partial charge on any atom is 0.315 e. The van der Waals surface area contributed by atoms with Gasteiger partial charge in [0.1, 0.15) is 5.75 Å². The van der Waals surface area contributed by atoms with Crippen LogP contribution in [-0.2, 0) is 4.79 Å². The smallest absolute Gasteiger partial charge is 0.315 e. The SMILES string of the molecule is CC[CH]C(=O)Oc1ccc(Br)cc1C=O. The lowest BCUT2D eigenvalue weighted by molar-refractivity contribution is -0.130. The first kappa shape index (κ1) is 11.9. The van der Waals surface area contributed by atoms with Gasteiger partial charge in [-0.05, 0) is 24.6 Å². The fourth-order valence-electron chi connectivity index (χ4n) is 1.02. The minimum Gasteiger partial charge on any atom is -0.426 e. The monoisotopic (exact) mass is 269 g/mol. The molecule has 79 valence electrons. The standard InChI is InChI=1S/C11H10BrO3/c1-2-3-11(14)15-10-5-4-9(12)6-8(10)7-13/h3-7H,2H2,1H3. The summed E-state index contributed by atoms with van der Waals surface area (Å²) >= 11 is 3.23. The van der Waals surface area contributed by atoms with E-state index >= 15 is 0 Å². The van der Waals surface area contributed by atoms with Crippen LogP contribution in [0.1, 0.15) is 23.7 Å². The number of esters is 1. The molecule has 0 aliphatic carbocycles. The van der Waals surface area contributed by atoms with Crippen molar-refractivity contribution in [1.82, 2.24) is 0 Å². The summed E-state index contributed by atoms with van der Waals surface area (Å²) in [6, 6.07) is 4.89. The molecule has 0 saturated carbocycles. The molecule has 0 fully saturated rings. The average molecular weight is 270 g/mol. The van der Waals surface area contributed by atoms with Crippen LogP contribution in [0.4, 0.5) is 0 Å². The third-order valence-corrected chi connectivity index (χ3v) is 2.17. The summed E-state index contributed by atoms with van der Waals surface area (Å²) in [5.74, 6) is -0.161. The van der Waals surface area contributed by atoms with E-state index in [2.05, 4.69) is 15.9 Å². The van der Waals surface area contributed by atoms with Crippen molar-refractivity contribution in [2.45, 2.75) is 13.3 Å². The second-order valence-corrected chi connectivity index (χ2v) is 3.75. The number of halogens is 1. The first-order valence-electron chi connectivity index (χ1n) is 4.47. The van der Waals surface area contributed by atoms with Gasteiger partial charge in [-0.1, -0.05) is 22.9 Å². The predicted molar refractivity (Wildman–Crippen MR) is 59.8 cm³/mol. The van der Waals surface area contributed by atoms with E-state index in [4.69, 9.17) is 4.74 Å². The number of ether oxygens (including phenoxy) is 1. The second kappa shape index (κ2) is 5.66. The minimum atomic E-state index is -0.442. The summed E-state index contributed by atoms with van der Waals surface area (Å²) in [6.07, 6.45) is 2.67. The van der Waals surface area contributed by atoms with Crippen LogP contribution < -0.4 is 4.74 Å². The summed E-state index contributed by atoms with van der Waals surface area (Å²) in [5, 5.41) is 0. The van der Waals surface area contributed by atoms with E-state index in [-0.39, 0.29) is 5.75 Å². The zero-order valence-electron chi connectivity index (χ0n) is 8.20. The Morgan fingerprint density at radius 1 is 1.53 bits per heavy atom. The van der Waals surface area contributed by atoms with E-state index in [9.17, 15) is 9.59 Å². The molecule has 0 unspecified atom stereocenters. The topological polar surface area (TPSA) is 43.4 Å². The van der Waals surface area contributed by atoms with Crippen molar-refractivity contribution in [3.8, 4) is 5.75 Å². The zero-order chi connectivity index (χ0) is 11.3. The van der Waals surface area contributed by atoms with Gasteiger partial charge in [0.2, 0.25) is 0 Å². The van der Waals surface area contributed by atoms with Crippen molar-refractivity contribution in [2.24, 2.45) is 0 Å². The highest BCUT2D eigenvalue weighted by atomic mass is 79.9. The van der Waals surface area contributed by atoms with Gasteiger partial charge in [-0.25, -0.2) is 0 Å². The van der Waals surface area contributed by atoms with Gasteiger partial charge < -0.3 is 4.74 Å². The molecule has 0 aliphatic heterocycles. The van der Waals surface area contributed by atoms with Crippen molar-refractivity contribution in [3.63, 3.8) is 0 Å². The third-order valence-electron chi connectivity index (χ3n) is 1.68. The van der Waals surface area contributed by atoms with Crippen LogP contribution in [0.15, 0.2) is 22.7 Å². The molecule has 0 amide bonds. The molecule has 1 aromatic carbocycles. The highest BCUT2D eigenvalue weighted by Gasteiger charge is 2.08. The van der Waals surface area contributed by atoms with Gasteiger partial charge in [-0.2, -0.15) is 0 Å². The fourth-order valence-corrected chi connectivity index (χ4v) is 1.40. The second-order valence-electron chi connectivity index (χ2n) is 2.83. The molecule has 0 aliphatic rings. The molecule has 0 N–H and O–H groups in total. The third kappa shape index (κ3) is 3.47. The molecule has 0 spiro atoms. The van der Waals surface area contributed by atoms with Crippen LogP contribution in [0, 0.1) is 6.42 Å². The first-order chi connectivity index (χ1) is 7.17. The van der Waals surface area contributed by atoms with Crippen molar-refractivity contribution in [1.29, 1.82) is 0 Å². The lowest BCUT2D eigenvalue weighted by Crippen LogP contribution is -2.09. The Balaban J connectivity index is 2.84. The lowest BCUT2D eigenvalue weighted by atomic mass is 10.2. The molecule has 0 atom stereocenters. The Bertz CT molecular complexity index is 374. The quantitative estimate of drug-likeness (QED) is 0.480. The number of aldehydes is 1. The molecular weight excluding hydrogens is 260 g/mol. The van der Waals surface area contributed by atoms with Crippen LogP contribution >= 0.6 is 15.9 Å². The Hall–Kier alpha value is -1.16. The van der Waals surface area contributed by atoms with Crippen LogP contribution in [0.3, 0.4) is 0 Å². The fraction of sp³-hybridized carbons (Fsp3) is 0.182. The summed E-state index contributed by atoms with van der Waals surface area (Å²) in [6.45, 7) is 1.84. The van der Waals surface area contributed by atoms with E-state index < -0.39 is 5.97 Å². The molecule has 0 bridgehead atoms. The van der Waals surface area contributed by atoms with Gasteiger partial charge in [-0.15, -0.1) is 0 Å². The summed E-state index contributed by atoms with van der Waals surface area (Å²) in [4.78, 5) is 21.9. The van der Waals surface area contributed by atoms with Crippen molar-refractivity contribution >= 4 is 28.2 Å². The number of carbonyl (C=O) groups is 2. The van der Waals surface area contributed by atoms with E-state index in [1.54, 1.807) is 18.2 Å². The van der Waals surface area contributed by atoms with Crippen molar-refractivity contribution < 1.29 is 14.3 Å². The number of hydrogen-bond acceptors (Lipinski definition) is 3. The molecule has 4 heteroatoms. The maximum absolute atomic E-state index is 11.2. The highest BCUT2D eigenvalue weighted by molar-refractivity contribution is 9.10. The molecule has 1 aromatic rings. The van der Waals surface area contributed by atoms with E-state index in [1.165, 1.54) is 6.42 Å². The van der Waals surface area contributed by atoms with Crippen LogP contribution in [0.5, 0.6) is 5.75 Å². The molecule has 1 rings (SSSR count). The molecule has 0 saturated heterocycles. The number of rotatable bonds is 4. The highest BCUT2D eigenvalue weighted by Crippen LogP contribution is 2.22. The number of hydrogen-bond donors (Lipinski definition) is 0. The van der Waals surface area contributed by atoms with E-state index in [1.807, 2.05) is 6.92 Å². The molecule has 0 aromatic heterocycles. The molecular formula is C11H10BrO3. The van der Waals surface area contributed by atoms with E-state index in [0.29, 0.717) is 18.3 Å². The largest absolute Gasteiger partial charge is 0.426 e. The van der Waals surface area contributed by atoms with Crippen LogP contribution in [0.2, 0.25) is 0 Å². The maximum atomic E-state index is 11.2. The minimum absolute atomic E-state index is 0.280. The Kier molecular flexibility index (Phi) is 4.49. The van der Waals surface area contributed by atoms with Gasteiger partial charge >= 0.3 is 5.97 Å². The van der Waals surface area contributed by atoms with Gasteiger partial charge in [0.15, 0.2) is 6.29 Å². The number of benzene rings is 1. The van der Waals surface area contributed by atoms with Gasteiger partial charge in [0, 0.05) is 4.47 Å². The average Bonchev–Trinajstić information content (AvgIpc) is 2.21. The molecule has 1 radical (unpaired) electrons. The zero-order valence-corrected chi connectivity index (χ0v) is 9.78. The van der Waals surface area contributed by atoms with E-state index in [0.717, 1.165) is 4.47 Å². The van der Waals surface area contributed by atoms with Crippen LogP contribution in [0.25, 0.3) is 0 Å². The Morgan fingerprint density at radius 3 is 2.87 bits per heavy atom.